The number of carbonyl (C=O) groups excluding carboxylic acids is 2. The van der Waals surface area contributed by atoms with Gasteiger partial charge in [-0.15, -0.1) is 0 Å². The Hall–Kier alpha value is -1.29. The van der Waals surface area contributed by atoms with E-state index in [-0.39, 0.29) is 12.0 Å². The highest BCUT2D eigenvalue weighted by atomic mass is 32.2. The Morgan fingerprint density at radius 2 is 1.90 bits per heavy atom. The van der Waals surface area contributed by atoms with Gasteiger partial charge in [-0.3, -0.25) is 4.55 Å². The molecule has 2 fully saturated rings. The van der Waals surface area contributed by atoms with E-state index in [0.29, 0.717) is 12.3 Å². The summed E-state index contributed by atoms with van der Waals surface area (Å²) in [5.74, 6) is -2.80. The van der Waals surface area contributed by atoms with E-state index in [0.717, 1.165) is 19.3 Å². The molecule has 2 aliphatic rings. The third kappa shape index (κ3) is 3.31. The zero-order valence-electron chi connectivity index (χ0n) is 10.8. The second-order valence-corrected chi connectivity index (χ2v) is 6.73. The fourth-order valence-electron chi connectivity index (χ4n) is 2.85. The molecule has 120 valence electrons. The van der Waals surface area contributed by atoms with Crippen LogP contribution in [-0.4, -0.2) is 42.9 Å². The van der Waals surface area contributed by atoms with E-state index < -0.39 is 33.9 Å². The zero-order valence-corrected chi connectivity index (χ0v) is 11.6. The fourth-order valence-corrected chi connectivity index (χ4v) is 3.12. The van der Waals surface area contributed by atoms with Crippen molar-refractivity contribution >= 4 is 22.1 Å². The summed E-state index contributed by atoms with van der Waals surface area (Å²) in [6.07, 6.45) is 3.36. The SMILES string of the molecule is O=C(COC(=O)C(F)(F)S(=O)(=O)O)OC1CC2CCC1C2. The van der Waals surface area contributed by atoms with Gasteiger partial charge in [-0.1, -0.05) is 0 Å². The average molecular weight is 328 g/mol. The molecule has 21 heavy (non-hydrogen) atoms. The number of alkyl halides is 2. The lowest BCUT2D eigenvalue weighted by Gasteiger charge is -2.21. The van der Waals surface area contributed by atoms with E-state index in [2.05, 4.69) is 4.74 Å². The Morgan fingerprint density at radius 3 is 2.38 bits per heavy atom. The third-order valence-electron chi connectivity index (χ3n) is 3.84. The molecular formula is C11H14F2O7S. The van der Waals surface area contributed by atoms with Crippen LogP contribution < -0.4 is 0 Å². The molecule has 10 heteroatoms. The van der Waals surface area contributed by atoms with Crippen LogP contribution in [0.25, 0.3) is 0 Å². The Kier molecular flexibility index (Phi) is 4.20. The minimum Gasteiger partial charge on any atom is -0.460 e. The van der Waals surface area contributed by atoms with E-state index in [1.807, 2.05) is 0 Å². The van der Waals surface area contributed by atoms with E-state index in [9.17, 15) is 26.8 Å². The first-order chi connectivity index (χ1) is 9.61. The molecule has 0 aromatic heterocycles. The van der Waals surface area contributed by atoms with Crippen LogP contribution in [-0.2, 0) is 29.2 Å². The summed E-state index contributed by atoms with van der Waals surface area (Å²) in [4.78, 5) is 22.3. The van der Waals surface area contributed by atoms with Crippen molar-refractivity contribution in [3.8, 4) is 0 Å². The molecule has 3 atom stereocenters. The molecule has 2 rings (SSSR count). The number of carbonyl (C=O) groups is 2. The molecule has 3 unspecified atom stereocenters. The molecule has 0 radical (unpaired) electrons. The van der Waals surface area contributed by atoms with Gasteiger partial charge in [0.15, 0.2) is 6.61 Å². The second-order valence-electron chi connectivity index (χ2n) is 5.27. The molecule has 1 N–H and O–H groups in total. The summed E-state index contributed by atoms with van der Waals surface area (Å²) in [5.41, 5.74) is 0. The highest BCUT2D eigenvalue weighted by Crippen LogP contribution is 2.45. The molecule has 0 amide bonds. The Bertz CT molecular complexity index is 545. The van der Waals surface area contributed by atoms with Gasteiger partial charge < -0.3 is 9.47 Å². The van der Waals surface area contributed by atoms with Gasteiger partial charge >= 0.3 is 27.3 Å². The van der Waals surface area contributed by atoms with Crippen molar-refractivity contribution in [2.45, 2.75) is 37.0 Å². The van der Waals surface area contributed by atoms with Crippen molar-refractivity contribution in [1.29, 1.82) is 0 Å². The first kappa shape index (κ1) is 16.1. The maximum atomic E-state index is 12.8. The van der Waals surface area contributed by atoms with E-state index in [1.54, 1.807) is 0 Å². The van der Waals surface area contributed by atoms with Crippen LogP contribution in [0.15, 0.2) is 0 Å². The van der Waals surface area contributed by atoms with Crippen molar-refractivity contribution in [3.63, 3.8) is 0 Å². The van der Waals surface area contributed by atoms with Gasteiger partial charge in [-0.05, 0) is 37.5 Å². The Labute approximate surface area is 119 Å². The highest BCUT2D eigenvalue weighted by Gasteiger charge is 2.54. The summed E-state index contributed by atoms with van der Waals surface area (Å²) in [5, 5.41) is -5.11. The summed E-state index contributed by atoms with van der Waals surface area (Å²) in [7, 11) is -5.94. The largest absolute Gasteiger partial charge is 0.465 e. The molecule has 7 nitrogen and oxygen atoms in total. The number of esters is 2. The Morgan fingerprint density at radius 1 is 1.24 bits per heavy atom. The summed E-state index contributed by atoms with van der Waals surface area (Å²) >= 11 is 0. The van der Waals surface area contributed by atoms with Crippen molar-refractivity contribution in [3.05, 3.63) is 0 Å². The fraction of sp³-hybridized carbons (Fsp3) is 0.818. The normalized spacial score (nSPS) is 28.4. The van der Waals surface area contributed by atoms with Crippen molar-refractivity contribution in [1.82, 2.24) is 0 Å². The van der Waals surface area contributed by atoms with E-state index in [1.165, 1.54) is 0 Å². The maximum absolute atomic E-state index is 12.8. The van der Waals surface area contributed by atoms with Gasteiger partial charge in [0, 0.05) is 0 Å². The van der Waals surface area contributed by atoms with Gasteiger partial charge in [0.05, 0.1) is 0 Å². The lowest BCUT2D eigenvalue weighted by atomic mass is 9.98. The quantitative estimate of drug-likeness (QED) is 0.586. The Balaban J connectivity index is 1.80. The molecule has 0 spiro atoms. The molecular weight excluding hydrogens is 314 g/mol. The summed E-state index contributed by atoms with van der Waals surface area (Å²) in [6, 6.07) is 0. The standard InChI is InChI=1S/C11H14F2O7S/c12-11(13,21(16,17)18)10(15)19-5-9(14)20-8-4-6-1-2-7(8)3-6/h6-8H,1-5H2,(H,16,17,18). The minimum absolute atomic E-state index is 0.244. The van der Waals surface area contributed by atoms with Gasteiger partial charge in [-0.2, -0.15) is 17.2 Å². The predicted octanol–water partition coefficient (Wildman–Crippen LogP) is 0.742. The van der Waals surface area contributed by atoms with Crippen LogP contribution in [0.2, 0.25) is 0 Å². The topological polar surface area (TPSA) is 107 Å². The number of fused-ring (bicyclic) bond motifs is 2. The number of ether oxygens (including phenoxy) is 2. The van der Waals surface area contributed by atoms with Crippen LogP contribution in [0.4, 0.5) is 8.78 Å². The van der Waals surface area contributed by atoms with Crippen LogP contribution in [0.5, 0.6) is 0 Å². The van der Waals surface area contributed by atoms with Gasteiger partial charge in [0.1, 0.15) is 6.10 Å². The van der Waals surface area contributed by atoms with Crippen LogP contribution >= 0.6 is 0 Å². The van der Waals surface area contributed by atoms with Crippen molar-refractivity contribution in [2.75, 3.05) is 6.61 Å². The van der Waals surface area contributed by atoms with Crippen molar-refractivity contribution < 1.29 is 40.8 Å². The van der Waals surface area contributed by atoms with E-state index >= 15 is 0 Å². The first-order valence-corrected chi connectivity index (χ1v) is 7.77. The second kappa shape index (κ2) is 5.48. The van der Waals surface area contributed by atoms with Crippen LogP contribution in [0.3, 0.4) is 0 Å². The first-order valence-electron chi connectivity index (χ1n) is 6.33. The number of hydrogen-bond acceptors (Lipinski definition) is 6. The molecule has 2 bridgehead atoms. The van der Waals surface area contributed by atoms with E-state index in [4.69, 9.17) is 9.29 Å². The summed E-state index contributed by atoms with van der Waals surface area (Å²) < 4.78 is 63.4. The number of halogens is 2. The molecule has 2 aliphatic carbocycles. The summed E-state index contributed by atoms with van der Waals surface area (Å²) in [6.45, 7) is -1.13. The maximum Gasteiger partial charge on any atom is 0.465 e. The van der Waals surface area contributed by atoms with Crippen LogP contribution in [0.1, 0.15) is 25.7 Å². The molecule has 2 saturated carbocycles. The predicted molar refractivity (Wildman–Crippen MR) is 62.8 cm³/mol. The van der Waals surface area contributed by atoms with Crippen LogP contribution in [0, 0.1) is 11.8 Å². The van der Waals surface area contributed by atoms with Gasteiger partial charge in [-0.25, -0.2) is 9.59 Å². The number of rotatable bonds is 5. The van der Waals surface area contributed by atoms with Gasteiger partial charge in [0.25, 0.3) is 0 Å². The highest BCUT2D eigenvalue weighted by molar-refractivity contribution is 7.87. The average Bonchev–Trinajstić information content (AvgIpc) is 2.96. The smallest absolute Gasteiger partial charge is 0.460 e. The van der Waals surface area contributed by atoms with Gasteiger partial charge in [0.2, 0.25) is 0 Å². The lowest BCUT2D eigenvalue weighted by molar-refractivity contribution is -0.172. The molecule has 0 aromatic rings. The molecule has 0 saturated heterocycles. The third-order valence-corrected chi connectivity index (χ3v) is 4.65. The number of hydrogen-bond donors (Lipinski definition) is 1. The lowest BCUT2D eigenvalue weighted by Crippen LogP contribution is -2.40. The molecule has 0 aromatic carbocycles. The molecule has 0 aliphatic heterocycles. The minimum atomic E-state index is -5.94. The monoisotopic (exact) mass is 328 g/mol. The molecule has 0 heterocycles. The zero-order chi connectivity index (χ0) is 15.8. The van der Waals surface area contributed by atoms with Crippen molar-refractivity contribution in [2.24, 2.45) is 11.8 Å².